The monoisotopic (exact) mass is 468 g/mol. The molecule has 0 aromatic heterocycles. The Morgan fingerprint density at radius 1 is 1.18 bits per heavy atom. The van der Waals surface area contributed by atoms with Crippen LogP contribution in [0, 0.1) is 11.8 Å². The zero-order valence-corrected chi connectivity index (χ0v) is 19.5. The molecule has 3 rings (SSSR count). The zero-order valence-electron chi connectivity index (χ0n) is 17.1. The lowest BCUT2D eigenvalue weighted by molar-refractivity contribution is -0.132. The zero-order chi connectivity index (χ0) is 19.9. The normalized spacial score (nSPS) is 21.8. The standard InChI is InChI=1S/C23H34BrClN2O/c1-2-23(28)27-12-4-6-19(17-27)5-3-11-26-13-9-18(10-14-26)15-20-16-21(25)7-8-22(20)24/h7-8,16,18-19H,2-6,9-15,17H2,1H3. The van der Waals surface area contributed by atoms with E-state index in [0.29, 0.717) is 18.2 Å². The highest BCUT2D eigenvalue weighted by Crippen LogP contribution is 2.28. The van der Waals surface area contributed by atoms with Crippen molar-refractivity contribution in [3.63, 3.8) is 0 Å². The van der Waals surface area contributed by atoms with Crippen LogP contribution in [0.2, 0.25) is 5.02 Å². The number of rotatable bonds is 7. The van der Waals surface area contributed by atoms with Gasteiger partial charge in [-0.2, -0.15) is 0 Å². The van der Waals surface area contributed by atoms with E-state index in [9.17, 15) is 4.79 Å². The van der Waals surface area contributed by atoms with Gasteiger partial charge in [-0.3, -0.25) is 4.79 Å². The quantitative estimate of drug-likeness (QED) is 0.505. The number of halogens is 2. The Labute approximate surface area is 183 Å². The Bertz CT molecular complexity index is 645. The molecule has 3 nitrogen and oxygen atoms in total. The number of hydrogen-bond acceptors (Lipinski definition) is 2. The van der Waals surface area contributed by atoms with Gasteiger partial charge in [0.25, 0.3) is 0 Å². The summed E-state index contributed by atoms with van der Waals surface area (Å²) in [7, 11) is 0. The molecule has 0 spiro atoms. The number of hydrogen-bond donors (Lipinski definition) is 0. The van der Waals surface area contributed by atoms with Crippen LogP contribution in [0.1, 0.15) is 57.4 Å². The second-order valence-corrected chi connectivity index (χ2v) is 9.86. The lowest BCUT2D eigenvalue weighted by atomic mass is 9.89. The van der Waals surface area contributed by atoms with E-state index in [1.54, 1.807) is 0 Å². The molecule has 1 aromatic carbocycles. The molecule has 0 aliphatic carbocycles. The van der Waals surface area contributed by atoms with Crippen molar-refractivity contribution in [2.24, 2.45) is 11.8 Å². The Morgan fingerprint density at radius 3 is 2.71 bits per heavy atom. The molecule has 0 bridgehead atoms. The van der Waals surface area contributed by atoms with Crippen LogP contribution in [-0.4, -0.2) is 48.4 Å². The van der Waals surface area contributed by atoms with Crippen molar-refractivity contribution in [2.75, 3.05) is 32.7 Å². The van der Waals surface area contributed by atoms with Crippen LogP contribution in [0.3, 0.4) is 0 Å². The maximum atomic E-state index is 11.9. The highest BCUT2D eigenvalue weighted by molar-refractivity contribution is 9.10. The summed E-state index contributed by atoms with van der Waals surface area (Å²) in [6, 6.07) is 6.11. The molecule has 1 atom stereocenters. The Balaban J connectivity index is 1.34. The largest absolute Gasteiger partial charge is 0.342 e. The van der Waals surface area contributed by atoms with Gasteiger partial charge >= 0.3 is 0 Å². The Morgan fingerprint density at radius 2 is 1.96 bits per heavy atom. The number of nitrogens with zero attached hydrogens (tertiary/aromatic N) is 2. The minimum atomic E-state index is 0.332. The third kappa shape index (κ3) is 6.47. The van der Waals surface area contributed by atoms with Crippen LogP contribution in [-0.2, 0) is 11.2 Å². The van der Waals surface area contributed by atoms with Gasteiger partial charge in [0.2, 0.25) is 5.91 Å². The van der Waals surface area contributed by atoms with E-state index in [4.69, 9.17) is 11.6 Å². The fourth-order valence-corrected chi connectivity index (χ4v) is 5.38. The molecule has 2 aliphatic rings. The average molecular weight is 470 g/mol. The molecule has 0 N–H and O–H groups in total. The third-order valence-electron chi connectivity index (χ3n) is 6.48. The second kappa shape index (κ2) is 11.0. The van der Waals surface area contributed by atoms with Gasteiger partial charge in [-0.05, 0) is 100 Å². The molecular formula is C23H34BrClN2O. The van der Waals surface area contributed by atoms with Gasteiger partial charge in [0.05, 0.1) is 0 Å². The number of benzene rings is 1. The van der Waals surface area contributed by atoms with Crippen LogP contribution in [0.4, 0.5) is 0 Å². The Kier molecular flexibility index (Phi) is 8.68. The molecule has 2 fully saturated rings. The number of carbonyl (C=O) groups is 1. The number of likely N-dealkylation sites (tertiary alicyclic amines) is 2. The van der Waals surface area contributed by atoms with E-state index in [0.717, 1.165) is 30.5 Å². The maximum Gasteiger partial charge on any atom is 0.222 e. The molecule has 2 saturated heterocycles. The third-order valence-corrected chi connectivity index (χ3v) is 7.49. The fraction of sp³-hybridized carbons (Fsp3) is 0.696. The van der Waals surface area contributed by atoms with Crippen molar-refractivity contribution in [3.05, 3.63) is 33.3 Å². The highest BCUT2D eigenvalue weighted by Gasteiger charge is 2.23. The second-order valence-electron chi connectivity index (χ2n) is 8.57. The van der Waals surface area contributed by atoms with Crippen molar-refractivity contribution in [1.82, 2.24) is 9.80 Å². The Hall–Kier alpha value is -0.580. The van der Waals surface area contributed by atoms with Crippen LogP contribution >= 0.6 is 27.5 Å². The molecule has 1 unspecified atom stereocenters. The molecule has 0 saturated carbocycles. The minimum Gasteiger partial charge on any atom is -0.342 e. The van der Waals surface area contributed by atoms with Gasteiger partial charge in [0, 0.05) is 29.0 Å². The molecule has 1 amide bonds. The van der Waals surface area contributed by atoms with E-state index in [1.807, 2.05) is 13.0 Å². The first-order chi connectivity index (χ1) is 13.5. The molecule has 2 heterocycles. The molecule has 156 valence electrons. The predicted molar refractivity (Wildman–Crippen MR) is 121 cm³/mol. The summed E-state index contributed by atoms with van der Waals surface area (Å²) in [5.41, 5.74) is 1.34. The SMILES string of the molecule is CCC(=O)N1CCCC(CCCN2CCC(Cc3cc(Cl)ccc3Br)CC2)C1. The van der Waals surface area contributed by atoms with Crippen LogP contribution in [0.5, 0.6) is 0 Å². The summed E-state index contributed by atoms with van der Waals surface area (Å²) >= 11 is 9.83. The van der Waals surface area contributed by atoms with Crippen molar-refractivity contribution in [3.8, 4) is 0 Å². The number of carbonyl (C=O) groups excluding carboxylic acids is 1. The molecule has 0 radical (unpaired) electrons. The number of amides is 1. The van der Waals surface area contributed by atoms with E-state index in [1.165, 1.54) is 68.2 Å². The topological polar surface area (TPSA) is 23.6 Å². The summed E-state index contributed by atoms with van der Waals surface area (Å²) < 4.78 is 1.18. The smallest absolute Gasteiger partial charge is 0.222 e. The molecule has 1 aromatic rings. The number of piperidine rings is 2. The highest BCUT2D eigenvalue weighted by atomic mass is 79.9. The summed E-state index contributed by atoms with van der Waals surface area (Å²) in [6.07, 6.45) is 9.34. The van der Waals surface area contributed by atoms with Gasteiger partial charge in [0.15, 0.2) is 0 Å². The van der Waals surface area contributed by atoms with Crippen molar-refractivity contribution in [2.45, 2.75) is 58.3 Å². The van der Waals surface area contributed by atoms with Crippen LogP contribution < -0.4 is 0 Å². The lowest BCUT2D eigenvalue weighted by Gasteiger charge is -2.34. The van der Waals surface area contributed by atoms with E-state index >= 15 is 0 Å². The molecule has 2 aliphatic heterocycles. The molecular weight excluding hydrogens is 436 g/mol. The van der Waals surface area contributed by atoms with Crippen molar-refractivity contribution in [1.29, 1.82) is 0 Å². The first kappa shape index (κ1) is 22.1. The average Bonchev–Trinajstić information content (AvgIpc) is 2.71. The lowest BCUT2D eigenvalue weighted by Crippen LogP contribution is -2.40. The summed E-state index contributed by atoms with van der Waals surface area (Å²) in [5, 5.41) is 0.831. The first-order valence-corrected chi connectivity index (χ1v) is 12.2. The molecule has 28 heavy (non-hydrogen) atoms. The molecule has 5 heteroatoms. The van der Waals surface area contributed by atoms with Gasteiger partial charge < -0.3 is 9.80 Å². The minimum absolute atomic E-state index is 0.332. The van der Waals surface area contributed by atoms with Crippen molar-refractivity contribution >= 4 is 33.4 Å². The fourth-order valence-electron chi connectivity index (χ4n) is 4.78. The summed E-state index contributed by atoms with van der Waals surface area (Å²) in [5.74, 6) is 1.80. The van der Waals surface area contributed by atoms with E-state index in [-0.39, 0.29) is 0 Å². The van der Waals surface area contributed by atoms with Gasteiger partial charge in [-0.25, -0.2) is 0 Å². The van der Waals surface area contributed by atoms with E-state index in [2.05, 4.69) is 37.9 Å². The predicted octanol–water partition coefficient (Wildman–Crippen LogP) is 5.79. The first-order valence-electron chi connectivity index (χ1n) is 11.0. The summed E-state index contributed by atoms with van der Waals surface area (Å²) in [6.45, 7) is 7.58. The van der Waals surface area contributed by atoms with Gasteiger partial charge in [-0.1, -0.05) is 34.5 Å². The van der Waals surface area contributed by atoms with E-state index < -0.39 is 0 Å². The van der Waals surface area contributed by atoms with Gasteiger partial charge in [0.1, 0.15) is 0 Å². The summed E-state index contributed by atoms with van der Waals surface area (Å²) in [4.78, 5) is 16.7. The van der Waals surface area contributed by atoms with Gasteiger partial charge in [-0.15, -0.1) is 0 Å². The van der Waals surface area contributed by atoms with Crippen molar-refractivity contribution < 1.29 is 4.79 Å². The van der Waals surface area contributed by atoms with Crippen LogP contribution in [0.15, 0.2) is 22.7 Å². The maximum absolute atomic E-state index is 11.9. The van der Waals surface area contributed by atoms with Crippen LogP contribution in [0.25, 0.3) is 0 Å².